The summed E-state index contributed by atoms with van der Waals surface area (Å²) in [6, 6.07) is 20.8. The molecule has 0 unspecified atom stereocenters. The number of benzene rings is 3. The van der Waals surface area contributed by atoms with Crippen molar-refractivity contribution < 1.29 is 4.39 Å². The first-order chi connectivity index (χ1) is 15.2. The van der Waals surface area contributed by atoms with E-state index >= 15 is 0 Å². The first-order valence-corrected chi connectivity index (χ1v) is 10.5. The molecule has 1 N–H and O–H groups in total. The minimum atomic E-state index is -0.261. The third-order valence-electron chi connectivity index (χ3n) is 5.72. The first kappa shape index (κ1) is 19.5. The number of nitrogens with zero attached hydrogens (tertiary/aromatic N) is 4. The summed E-state index contributed by atoms with van der Waals surface area (Å²) >= 11 is 0. The van der Waals surface area contributed by atoms with E-state index in [1.165, 1.54) is 17.8 Å². The minimum Gasteiger partial charge on any atom is -0.369 e. The molecule has 0 saturated carbocycles. The summed E-state index contributed by atoms with van der Waals surface area (Å²) < 4.78 is 13.8. The average Bonchev–Trinajstić information content (AvgIpc) is 2.79. The van der Waals surface area contributed by atoms with Crippen molar-refractivity contribution in [3.05, 3.63) is 78.7 Å². The molecule has 2 heterocycles. The van der Waals surface area contributed by atoms with E-state index < -0.39 is 0 Å². The summed E-state index contributed by atoms with van der Waals surface area (Å²) in [7, 11) is 2.16. The van der Waals surface area contributed by atoms with Gasteiger partial charge in [0.05, 0.1) is 5.52 Å². The molecule has 0 radical (unpaired) electrons. The van der Waals surface area contributed by atoms with Gasteiger partial charge >= 0.3 is 0 Å². The van der Waals surface area contributed by atoms with Gasteiger partial charge < -0.3 is 15.1 Å². The van der Waals surface area contributed by atoms with Crippen LogP contribution in [0.15, 0.2) is 72.9 Å². The van der Waals surface area contributed by atoms with E-state index in [1.807, 2.05) is 30.3 Å². The number of hydrogen-bond acceptors (Lipinski definition) is 5. The zero-order chi connectivity index (χ0) is 21.2. The van der Waals surface area contributed by atoms with Crippen LogP contribution in [-0.4, -0.2) is 48.1 Å². The van der Waals surface area contributed by atoms with Crippen molar-refractivity contribution in [2.45, 2.75) is 0 Å². The smallest absolute Gasteiger partial charge is 0.227 e. The van der Waals surface area contributed by atoms with Crippen LogP contribution in [0.2, 0.25) is 0 Å². The molecule has 6 heteroatoms. The Labute approximate surface area is 181 Å². The Morgan fingerprint density at radius 3 is 2.55 bits per heavy atom. The number of para-hydroxylation sites is 1. The molecular formula is C25H24FN5. The summed E-state index contributed by atoms with van der Waals surface area (Å²) in [5, 5.41) is 4.26. The number of piperazine rings is 1. The van der Waals surface area contributed by atoms with Gasteiger partial charge in [-0.05, 0) is 42.9 Å². The number of aromatic nitrogens is 2. The molecule has 0 aliphatic carbocycles. The Balaban J connectivity index is 1.45. The van der Waals surface area contributed by atoms with Crippen LogP contribution in [-0.2, 0) is 0 Å². The summed E-state index contributed by atoms with van der Waals surface area (Å²) in [6.45, 7) is 4.16. The van der Waals surface area contributed by atoms with Gasteiger partial charge in [0.1, 0.15) is 5.82 Å². The number of halogens is 1. The van der Waals surface area contributed by atoms with Gasteiger partial charge in [-0.1, -0.05) is 36.4 Å². The van der Waals surface area contributed by atoms with E-state index in [9.17, 15) is 4.39 Å². The predicted molar refractivity (Wildman–Crippen MR) is 124 cm³/mol. The maximum atomic E-state index is 13.8. The van der Waals surface area contributed by atoms with Crippen molar-refractivity contribution in [3.63, 3.8) is 0 Å². The van der Waals surface area contributed by atoms with E-state index in [1.54, 1.807) is 12.3 Å². The lowest BCUT2D eigenvalue weighted by Gasteiger charge is -2.34. The molecule has 3 aromatic carbocycles. The summed E-state index contributed by atoms with van der Waals surface area (Å²) in [5.41, 5.74) is 4.61. The van der Waals surface area contributed by atoms with Gasteiger partial charge in [0.2, 0.25) is 5.95 Å². The van der Waals surface area contributed by atoms with Gasteiger partial charge in [0, 0.05) is 54.7 Å². The van der Waals surface area contributed by atoms with E-state index in [2.05, 4.69) is 45.3 Å². The second kappa shape index (κ2) is 8.32. The molecule has 0 spiro atoms. The highest BCUT2D eigenvalue weighted by Gasteiger charge is 2.15. The Bertz CT molecular complexity index is 1220. The van der Waals surface area contributed by atoms with E-state index in [4.69, 9.17) is 4.98 Å². The van der Waals surface area contributed by atoms with E-state index in [-0.39, 0.29) is 5.82 Å². The molecule has 1 aliphatic heterocycles. The molecule has 5 rings (SSSR count). The molecule has 31 heavy (non-hydrogen) atoms. The van der Waals surface area contributed by atoms with E-state index in [0.717, 1.165) is 53.9 Å². The lowest BCUT2D eigenvalue weighted by atomic mass is 10.0. The maximum Gasteiger partial charge on any atom is 0.227 e. The van der Waals surface area contributed by atoms with Crippen molar-refractivity contribution in [2.24, 2.45) is 0 Å². The van der Waals surface area contributed by atoms with Crippen molar-refractivity contribution in [1.82, 2.24) is 14.9 Å². The van der Waals surface area contributed by atoms with Gasteiger partial charge in [-0.15, -0.1) is 0 Å². The zero-order valence-corrected chi connectivity index (χ0v) is 17.4. The fourth-order valence-corrected chi connectivity index (χ4v) is 3.98. The molecular weight excluding hydrogens is 389 g/mol. The van der Waals surface area contributed by atoms with Crippen LogP contribution in [0.25, 0.3) is 22.0 Å². The minimum absolute atomic E-state index is 0.261. The van der Waals surface area contributed by atoms with Crippen molar-refractivity contribution in [1.29, 1.82) is 0 Å². The quantitative estimate of drug-likeness (QED) is 0.514. The fourth-order valence-electron chi connectivity index (χ4n) is 3.98. The monoisotopic (exact) mass is 413 g/mol. The molecule has 0 bridgehead atoms. The van der Waals surface area contributed by atoms with Crippen molar-refractivity contribution in [3.8, 4) is 11.1 Å². The highest BCUT2D eigenvalue weighted by molar-refractivity contribution is 5.93. The third kappa shape index (κ3) is 4.20. The van der Waals surface area contributed by atoms with E-state index in [0.29, 0.717) is 5.95 Å². The number of nitrogens with one attached hydrogen (secondary N) is 1. The SMILES string of the molecule is CN1CCN(c2cccc(Nc3ncc4cccc(-c5cccc(F)c5)c4n3)c2)CC1. The van der Waals surface area contributed by atoms with Gasteiger partial charge in [0.15, 0.2) is 0 Å². The van der Waals surface area contributed by atoms with Crippen LogP contribution in [0, 0.1) is 5.82 Å². The molecule has 1 aromatic heterocycles. The molecule has 5 nitrogen and oxygen atoms in total. The Morgan fingerprint density at radius 2 is 1.71 bits per heavy atom. The van der Waals surface area contributed by atoms with Crippen LogP contribution >= 0.6 is 0 Å². The Morgan fingerprint density at radius 1 is 0.903 bits per heavy atom. The van der Waals surface area contributed by atoms with Gasteiger partial charge in [-0.25, -0.2) is 14.4 Å². The lowest BCUT2D eigenvalue weighted by molar-refractivity contribution is 0.313. The van der Waals surface area contributed by atoms with Gasteiger partial charge in [-0.2, -0.15) is 0 Å². The Kier molecular flexibility index (Phi) is 5.22. The second-order valence-corrected chi connectivity index (χ2v) is 7.91. The molecule has 1 aliphatic rings. The standard InChI is InChI=1S/C25H24FN5/c1-30-11-13-31(14-12-30)22-9-4-8-21(16-22)28-25-27-17-19-6-3-10-23(24(19)29-25)18-5-2-7-20(26)15-18/h2-10,15-17H,11-14H2,1H3,(H,27,28,29). The molecule has 4 aromatic rings. The van der Waals surface area contributed by atoms with Crippen LogP contribution in [0.1, 0.15) is 0 Å². The highest BCUT2D eigenvalue weighted by atomic mass is 19.1. The number of anilines is 3. The summed E-state index contributed by atoms with van der Waals surface area (Å²) in [6.07, 6.45) is 1.80. The average molecular weight is 414 g/mol. The number of hydrogen-bond donors (Lipinski definition) is 1. The molecule has 0 amide bonds. The largest absolute Gasteiger partial charge is 0.369 e. The second-order valence-electron chi connectivity index (χ2n) is 7.91. The number of likely N-dealkylation sites (N-methyl/N-ethyl adjacent to an activating group) is 1. The third-order valence-corrected chi connectivity index (χ3v) is 5.72. The maximum absolute atomic E-state index is 13.8. The van der Waals surface area contributed by atoms with Crippen LogP contribution < -0.4 is 10.2 Å². The van der Waals surface area contributed by atoms with Crippen LogP contribution in [0.3, 0.4) is 0 Å². The molecule has 1 saturated heterocycles. The van der Waals surface area contributed by atoms with Crippen molar-refractivity contribution >= 4 is 28.2 Å². The summed E-state index contributed by atoms with van der Waals surface area (Å²) in [4.78, 5) is 14.0. The predicted octanol–water partition coefficient (Wildman–Crippen LogP) is 4.93. The van der Waals surface area contributed by atoms with Gasteiger partial charge in [-0.3, -0.25) is 0 Å². The number of rotatable bonds is 4. The molecule has 0 atom stereocenters. The first-order valence-electron chi connectivity index (χ1n) is 10.5. The molecule has 1 fully saturated rings. The normalized spacial score (nSPS) is 14.7. The number of fused-ring (bicyclic) bond motifs is 1. The molecule has 156 valence electrons. The highest BCUT2D eigenvalue weighted by Crippen LogP contribution is 2.29. The topological polar surface area (TPSA) is 44.3 Å². The Hall–Kier alpha value is -3.51. The summed E-state index contributed by atoms with van der Waals surface area (Å²) in [5.74, 6) is 0.259. The zero-order valence-electron chi connectivity index (χ0n) is 17.4. The van der Waals surface area contributed by atoms with Crippen molar-refractivity contribution in [2.75, 3.05) is 43.4 Å². The lowest BCUT2D eigenvalue weighted by Crippen LogP contribution is -2.44. The van der Waals surface area contributed by atoms with Crippen LogP contribution in [0.4, 0.5) is 21.7 Å². The van der Waals surface area contributed by atoms with Gasteiger partial charge in [0.25, 0.3) is 0 Å². The van der Waals surface area contributed by atoms with Crippen LogP contribution in [0.5, 0.6) is 0 Å². The fraction of sp³-hybridized carbons (Fsp3) is 0.200.